The van der Waals surface area contributed by atoms with Crippen LogP contribution in [0, 0.1) is 0 Å². The minimum Gasteiger partial charge on any atom is -0.294 e. The predicted octanol–water partition coefficient (Wildman–Crippen LogP) is 4.03. The summed E-state index contributed by atoms with van der Waals surface area (Å²) < 4.78 is 1.71. The van der Waals surface area contributed by atoms with Crippen LogP contribution in [0.2, 0.25) is 0 Å². The molecule has 0 N–H and O–H groups in total. The lowest BCUT2D eigenvalue weighted by molar-refractivity contribution is 0.0992. The lowest BCUT2D eigenvalue weighted by atomic mass is 10.0. The Morgan fingerprint density at radius 3 is 2.65 bits per heavy atom. The molecule has 1 aromatic heterocycles. The molecular weight excluding hydrogens is 346 g/mol. The fourth-order valence-electron chi connectivity index (χ4n) is 1.52. The van der Waals surface area contributed by atoms with Crippen molar-refractivity contribution in [3.8, 4) is 0 Å². The maximum absolute atomic E-state index is 12.1. The fraction of sp³-hybridized carbons (Fsp3) is 0.0769. The topological polar surface area (TPSA) is 30.0 Å². The fourth-order valence-corrected chi connectivity index (χ4v) is 2.44. The number of hydrogen-bond donors (Lipinski definition) is 0. The third-order valence-electron chi connectivity index (χ3n) is 2.30. The summed E-state index contributed by atoms with van der Waals surface area (Å²) in [7, 11) is 0. The van der Waals surface area contributed by atoms with Gasteiger partial charge in [0.1, 0.15) is 0 Å². The number of hydrogen-bond acceptors (Lipinski definition) is 2. The highest BCUT2D eigenvalue weighted by molar-refractivity contribution is 9.10. The van der Waals surface area contributed by atoms with E-state index in [0.717, 1.165) is 14.5 Å². The average molecular weight is 355 g/mol. The van der Waals surface area contributed by atoms with Crippen LogP contribution in [-0.2, 0) is 6.42 Å². The number of benzene rings is 1. The summed E-state index contributed by atoms with van der Waals surface area (Å²) >= 11 is 6.72. The van der Waals surface area contributed by atoms with E-state index in [4.69, 9.17) is 0 Å². The van der Waals surface area contributed by atoms with Gasteiger partial charge < -0.3 is 0 Å². The molecule has 0 saturated carbocycles. The van der Waals surface area contributed by atoms with Gasteiger partial charge in [-0.15, -0.1) is 0 Å². The molecule has 0 bridgehead atoms. The van der Waals surface area contributed by atoms with Crippen molar-refractivity contribution in [2.75, 3.05) is 0 Å². The van der Waals surface area contributed by atoms with Gasteiger partial charge in [-0.2, -0.15) is 0 Å². The van der Waals surface area contributed by atoms with Crippen molar-refractivity contribution < 1.29 is 4.79 Å². The summed E-state index contributed by atoms with van der Waals surface area (Å²) in [5, 5.41) is 0. The number of aromatic nitrogens is 1. The van der Waals surface area contributed by atoms with Crippen molar-refractivity contribution in [1.82, 2.24) is 4.98 Å². The van der Waals surface area contributed by atoms with Gasteiger partial charge in [0.15, 0.2) is 5.78 Å². The van der Waals surface area contributed by atoms with Crippen LogP contribution in [0.25, 0.3) is 0 Å². The first kappa shape index (κ1) is 12.5. The molecule has 2 aromatic rings. The van der Waals surface area contributed by atoms with Crippen LogP contribution in [0.3, 0.4) is 0 Å². The molecule has 0 unspecified atom stereocenters. The number of Topliss-reactive ketones (excluding diaryl/α,β-unsaturated/α-hetero) is 1. The number of rotatable bonds is 3. The molecule has 0 spiro atoms. The highest BCUT2D eigenvalue weighted by Gasteiger charge is 2.10. The second-order valence-corrected chi connectivity index (χ2v) is 5.36. The second-order valence-electron chi connectivity index (χ2n) is 3.59. The van der Waals surface area contributed by atoms with E-state index in [9.17, 15) is 4.79 Å². The van der Waals surface area contributed by atoms with E-state index in [2.05, 4.69) is 36.8 Å². The van der Waals surface area contributed by atoms with Gasteiger partial charge in [-0.1, -0.05) is 34.1 Å². The maximum atomic E-state index is 12.1. The SMILES string of the molecule is O=C(Cc1cncc(Br)c1)c1ccccc1Br. The predicted molar refractivity (Wildman–Crippen MR) is 74.1 cm³/mol. The number of ketones is 1. The van der Waals surface area contributed by atoms with Crippen molar-refractivity contribution in [2.45, 2.75) is 6.42 Å². The molecule has 0 saturated heterocycles. The van der Waals surface area contributed by atoms with Crippen molar-refractivity contribution in [1.29, 1.82) is 0 Å². The van der Waals surface area contributed by atoms with Crippen LogP contribution in [-0.4, -0.2) is 10.8 Å². The minimum atomic E-state index is 0.0809. The standard InChI is InChI=1S/C13H9Br2NO/c14-10-5-9(7-16-8-10)6-13(17)11-3-1-2-4-12(11)15/h1-5,7-8H,6H2. The van der Waals surface area contributed by atoms with E-state index in [1.807, 2.05) is 30.3 Å². The van der Waals surface area contributed by atoms with E-state index in [-0.39, 0.29) is 5.78 Å². The Hall–Kier alpha value is -1.00. The molecule has 1 heterocycles. The Bertz CT molecular complexity index is 555. The van der Waals surface area contributed by atoms with Crippen LogP contribution in [0.15, 0.2) is 51.7 Å². The Morgan fingerprint density at radius 2 is 1.94 bits per heavy atom. The highest BCUT2D eigenvalue weighted by atomic mass is 79.9. The molecule has 2 nitrogen and oxygen atoms in total. The third kappa shape index (κ3) is 3.23. The zero-order chi connectivity index (χ0) is 12.3. The van der Waals surface area contributed by atoms with E-state index in [0.29, 0.717) is 12.0 Å². The summed E-state index contributed by atoms with van der Waals surface area (Å²) in [6.07, 6.45) is 3.76. The van der Waals surface area contributed by atoms with Gasteiger partial charge in [0.25, 0.3) is 0 Å². The molecule has 0 aliphatic carbocycles. The molecule has 17 heavy (non-hydrogen) atoms. The summed E-state index contributed by atoms with van der Waals surface area (Å²) in [5.41, 5.74) is 1.60. The van der Waals surface area contributed by atoms with Crippen molar-refractivity contribution in [3.05, 3.63) is 62.8 Å². The monoisotopic (exact) mass is 353 g/mol. The van der Waals surface area contributed by atoms with E-state index in [1.54, 1.807) is 12.4 Å². The first-order valence-electron chi connectivity index (χ1n) is 5.04. The molecule has 0 fully saturated rings. The zero-order valence-corrected chi connectivity index (χ0v) is 12.0. The summed E-state index contributed by atoms with van der Waals surface area (Å²) in [5.74, 6) is 0.0809. The van der Waals surface area contributed by atoms with Gasteiger partial charge in [0.2, 0.25) is 0 Å². The normalized spacial score (nSPS) is 10.2. The Balaban J connectivity index is 2.20. The largest absolute Gasteiger partial charge is 0.294 e. The maximum Gasteiger partial charge on any atom is 0.168 e. The lowest BCUT2D eigenvalue weighted by Crippen LogP contribution is -2.04. The molecule has 1 aromatic carbocycles. The first-order chi connectivity index (χ1) is 8.16. The smallest absolute Gasteiger partial charge is 0.168 e. The number of carbonyl (C=O) groups excluding carboxylic acids is 1. The van der Waals surface area contributed by atoms with Gasteiger partial charge in [0, 0.05) is 33.3 Å². The van der Waals surface area contributed by atoms with E-state index < -0.39 is 0 Å². The van der Waals surface area contributed by atoms with Crippen LogP contribution in [0.5, 0.6) is 0 Å². The zero-order valence-electron chi connectivity index (χ0n) is 8.86. The molecule has 86 valence electrons. The summed E-state index contributed by atoms with van der Waals surface area (Å²) in [4.78, 5) is 16.1. The Kier molecular flexibility index (Phi) is 4.07. The minimum absolute atomic E-state index is 0.0809. The molecule has 2 rings (SSSR count). The Morgan fingerprint density at radius 1 is 1.18 bits per heavy atom. The van der Waals surface area contributed by atoms with Crippen LogP contribution in [0.1, 0.15) is 15.9 Å². The highest BCUT2D eigenvalue weighted by Crippen LogP contribution is 2.18. The molecule has 0 aliphatic rings. The average Bonchev–Trinajstić information content (AvgIpc) is 2.29. The van der Waals surface area contributed by atoms with Gasteiger partial charge in [-0.25, -0.2) is 0 Å². The second kappa shape index (κ2) is 5.56. The number of nitrogens with zero attached hydrogens (tertiary/aromatic N) is 1. The Labute approximate surface area is 116 Å². The van der Waals surface area contributed by atoms with Crippen molar-refractivity contribution >= 4 is 37.6 Å². The number of pyridine rings is 1. The molecule has 4 heteroatoms. The molecule has 0 radical (unpaired) electrons. The third-order valence-corrected chi connectivity index (χ3v) is 3.43. The van der Waals surface area contributed by atoms with E-state index in [1.165, 1.54) is 0 Å². The van der Waals surface area contributed by atoms with Gasteiger partial charge >= 0.3 is 0 Å². The first-order valence-corrected chi connectivity index (χ1v) is 6.62. The number of carbonyl (C=O) groups is 1. The lowest BCUT2D eigenvalue weighted by Gasteiger charge is -2.03. The van der Waals surface area contributed by atoms with Crippen molar-refractivity contribution in [3.63, 3.8) is 0 Å². The summed E-state index contributed by atoms with van der Waals surface area (Å²) in [6.45, 7) is 0. The van der Waals surface area contributed by atoms with Gasteiger partial charge in [-0.3, -0.25) is 9.78 Å². The number of halogens is 2. The van der Waals surface area contributed by atoms with Gasteiger partial charge in [-0.05, 0) is 33.6 Å². The summed E-state index contributed by atoms with van der Waals surface area (Å²) in [6, 6.07) is 9.34. The molecule has 0 aliphatic heterocycles. The molecule has 0 amide bonds. The molecule has 0 atom stereocenters. The van der Waals surface area contributed by atoms with Gasteiger partial charge in [0.05, 0.1) is 0 Å². The van der Waals surface area contributed by atoms with Crippen molar-refractivity contribution in [2.24, 2.45) is 0 Å². The quantitative estimate of drug-likeness (QED) is 0.779. The van der Waals surface area contributed by atoms with E-state index >= 15 is 0 Å². The molecular formula is C13H9Br2NO. The van der Waals surface area contributed by atoms with Crippen LogP contribution >= 0.6 is 31.9 Å². The van der Waals surface area contributed by atoms with Crippen LogP contribution < -0.4 is 0 Å². The van der Waals surface area contributed by atoms with Crippen LogP contribution in [0.4, 0.5) is 0 Å².